The number of nitrogens with one attached hydrogen (secondary N) is 1. The summed E-state index contributed by atoms with van der Waals surface area (Å²) in [4.78, 5) is 0. The average Bonchev–Trinajstić information content (AvgIpc) is 2.73. The van der Waals surface area contributed by atoms with Gasteiger partial charge >= 0.3 is 6.18 Å². The van der Waals surface area contributed by atoms with Crippen molar-refractivity contribution in [2.75, 3.05) is 5.75 Å². The van der Waals surface area contributed by atoms with Gasteiger partial charge in [0.1, 0.15) is 5.54 Å². The van der Waals surface area contributed by atoms with Crippen LogP contribution in [0.25, 0.3) is 0 Å². The molecule has 14 heavy (non-hydrogen) atoms. The number of hydrogen-bond acceptors (Lipinski definition) is 2. The van der Waals surface area contributed by atoms with E-state index in [4.69, 9.17) is 0 Å². The topological polar surface area (TPSA) is 12.0 Å². The van der Waals surface area contributed by atoms with Gasteiger partial charge in [-0.15, -0.1) is 0 Å². The highest BCUT2D eigenvalue weighted by molar-refractivity contribution is 8.00. The van der Waals surface area contributed by atoms with Gasteiger partial charge in [0.2, 0.25) is 0 Å². The first-order chi connectivity index (χ1) is 6.45. The molecule has 2 atom stereocenters. The van der Waals surface area contributed by atoms with Gasteiger partial charge in [-0.25, -0.2) is 0 Å². The minimum atomic E-state index is -4.07. The first-order valence-electron chi connectivity index (χ1n) is 4.91. The fourth-order valence-electron chi connectivity index (χ4n) is 1.91. The maximum Gasteiger partial charge on any atom is 0.406 e. The molecule has 0 amide bonds. The molecule has 1 N–H and O–H groups in total. The van der Waals surface area contributed by atoms with Crippen LogP contribution in [0.4, 0.5) is 13.2 Å². The van der Waals surface area contributed by atoms with E-state index < -0.39 is 11.7 Å². The molecule has 1 saturated heterocycles. The molecule has 5 heteroatoms. The van der Waals surface area contributed by atoms with Gasteiger partial charge in [-0.2, -0.15) is 24.9 Å². The summed E-state index contributed by atoms with van der Waals surface area (Å²) in [6.07, 6.45) is -2.70. The molecule has 0 bridgehead atoms. The predicted octanol–water partition coefficient (Wildman–Crippen LogP) is 2.56. The van der Waals surface area contributed by atoms with Crippen molar-refractivity contribution in [1.82, 2.24) is 5.32 Å². The third kappa shape index (κ3) is 1.76. The lowest BCUT2D eigenvalue weighted by molar-refractivity contribution is -0.167. The van der Waals surface area contributed by atoms with Crippen LogP contribution in [0.3, 0.4) is 0 Å². The van der Waals surface area contributed by atoms with Crippen LogP contribution in [0.2, 0.25) is 0 Å². The van der Waals surface area contributed by atoms with Crippen molar-refractivity contribution in [2.45, 2.75) is 49.2 Å². The van der Waals surface area contributed by atoms with E-state index in [9.17, 15) is 13.2 Å². The summed E-state index contributed by atoms with van der Waals surface area (Å²) < 4.78 is 37.8. The van der Waals surface area contributed by atoms with Crippen LogP contribution < -0.4 is 5.32 Å². The van der Waals surface area contributed by atoms with Gasteiger partial charge in [0.25, 0.3) is 0 Å². The highest BCUT2D eigenvalue weighted by atomic mass is 32.2. The highest BCUT2D eigenvalue weighted by Gasteiger charge is 2.64. The summed E-state index contributed by atoms with van der Waals surface area (Å²) in [6, 6.07) is 0.0455. The number of alkyl halides is 3. The molecule has 1 saturated carbocycles. The van der Waals surface area contributed by atoms with Crippen molar-refractivity contribution in [3.63, 3.8) is 0 Å². The zero-order chi connectivity index (χ0) is 10.4. The van der Waals surface area contributed by atoms with Crippen LogP contribution in [-0.2, 0) is 0 Å². The second-order valence-corrected chi connectivity index (χ2v) is 5.68. The first kappa shape index (κ1) is 10.6. The Labute approximate surface area is 85.8 Å². The predicted molar refractivity (Wildman–Crippen MR) is 51.5 cm³/mol. The van der Waals surface area contributed by atoms with Crippen molar-refractivity contribution >= 4 is 11.8 Å². The van der Waals surface area contributed by atoms with Crippen LogP contribution in [0.1, 0.15) is 26.2 Å². The fraction of sp³-hybridized carbons (Fsp3) is 1.00. The molecular weight excluding hydrogens is 211 g/mol. The fourth-order valence-corrected chi connectivity index (χ4v) is 3.11. The Bertz CT molecular complexity index is 225. The van der Waals surface area contributed by atoms with Gasteiger partial charge in [-0.1, -0.05) is 6.92 Å². The van der Waals surface area contributed by atoms with Crippen LogP contribution in [0, 0.1) is 0 Å². The summed E-state index contributed by atoms with van der Waals surface area (Å²) in [7, 11) is 0. The monoisotopic (exact) mass is 225 g/mol. The van der Waals surface area contributed by atoms with Gasteiger partial charge < -0.3 is 0 Å². The van der Waals surface area contributed by atoms with Crippen LogP contribution in [0.5, 0.6) is 0 Å². The van der Waals surface area contributed by atoms with Crippen molar-refractivity contribution in [1.29, 1.82) is 0 Å². The molecule has 82 valence electrons. The smallest absolute Gasteiger partial charge is 0.300 e. The second-order valence-electron chi connectivity index (χ2n) is 4.20. The molecule has 1 nitrogen and oxygen atoms in total. The van der Waals surface area contributed by atoms with Crippen molar-refractivity contribution in [3.05, 3.63) is 0 Å². The van der Waals surface area contributed by atoms with Crippen LogP contribution in [-0.4, -0.2) is 28.8 Å². The third-order valence-electron chi connectivity index (χ3n) is 3.13. The molecule has 0 radical (unpaired) electrons. The molecule has 2 fully saturated rings. The molecule has 1 aliphatic carbocycles. The molecular formula is C9H14F3NS. The van der Waals surface area contributed by atoms with E-state index in [2.05, 4.69) is 5.32 Å². The minimum Gasteiger partial charge on any atom is -0.300 e. The maximum atomic E-state index is 12.6. The lowest BCUT2D eigenvalue weighted by Crippen LogP contribution is -2.51. The highest BCUT2D eigenvalue weighted by Crippen LogP contribution is 2.50. The Hall–Kier alpha value is 0.100. The minimum absolute atomic E-state index is 0.0455. The van der Waals surface area contributed by atoms with E-state index in [0.29, 0.717) is 5.25 Å². The number of halogens is 3. The van der Waals surface area contributed by atoms with Crippen molar-refractivity contribution < 1.29 is 13.2 Å². The zero-order valence-corrected chi connectivity index (χ0v) is 8.84. The first-order valence-corrected chi connectivity index (χ1v) is 5.95. The van der Waals surface area contributed by atoms with E-state index in [1.54, 1.807) is 11.8 Å². The Balaban J connectivity index is 1.97. The van der Waals surface area contributed by atoms with E-state index in [1.165, 1.54) is 0 Å². The molecule has 0 aromatic rings. The molecule has 1 heterocycles. The molecule has 0 spiro atoms. The largest absolute Gasteiger partial charge is 0.406 e. The lowest BCUT2D eigenvalue weighted by atomic mass is 10.1. The zero-order valence-electron chi connectivity index (χ0n) is 8.03. The van der Waals surface area contributed by atoms with Gasteiger partial charge in [-0.3, -0.25) is 5.32 Å². The summed E-state index contributed by atoms with van der Waals surface area (Å²) >= 11 is 1.75. The van der Waals surface area contributed by atoms with Gasteiger partial charge in [0.05, 0.1) is 0 Å². The van der Waals surface area contributed by atoms with Crippen LogP contribution in [0.15, 0.2) is 0 Å². The van der Waals surface area contributed by atoms with Gasteiger partial charge in [0, 0.05) is 11.3 Å². The lowest BCUT2D eigenvalue weighted by Gasteiger charge is -2.26. The summed E-state index contributed by atoms with van der Waals surface area (Å²) in [5, 5.41) is 3.12. The summed E-state index contributed by atoms with van der Waals surface area (Å²) in [5.74, 6) is 0.979. The molecule has 0 aromatic carbocycles. The summed E-state index contributed by atoms with van der Waals surface area (Å²) in [5.41, 5.74) is -1.53. The molecule has 2 aliphatic rings. The van der Waals surface area contributed by atoms with Gasteiger partial charge in [-0.05, 0) is 25.0 Å². The molecule has 2 rings (SSSR count). The standard InChI is InChI=1S/C9H14F3NS/c1-6-7(2-5-14-6)13-8(3-4-8)9(10,11)12/h6-7,13H,2-5H2,1H3. The molecule has 0 aromatic heterocycles. The number of hydrogen-bond donors (Lipinski definition) is 1. The van der Waals surface area contributed by atoms with Crippen LogP contribution >= 0.6 is 11.8 Å². The van der Waals surface area contributed by atoms with E-state index in [-0.39, 0.29) is 18.9 Å². The van der Waals surface area contributed by atoms with E-state index >= 15 is 0 Å². The Kier molecular flexibility index (Phi) is 2.50. The molecule has 1 aliphatic heterocycles. The van der Waals surface area contributed by atoms with E-state index in [1.807, 2.05) is 6.92 Å². The molecule has 2 unspecified atom stereocenters. The SMILES string of the molecule is CC1SCCC1NC1(C(F)(F)F)CC1. The Morgan fingerprint density at radius 2 is 2.00 bits per heavy atom. The normalized spacial score (nSPS) is 36.0. The number of rotatable bonds is 2. The van der Waals surface area contributed by atoms with Crippen molar-refractivity contribution in [3.8, 4) is 0 Å². The third-order valence-corrected chi connectivity index (χ3v) is 4.46. The Morgan fingerprint density at radius 1 is 1.36 bits per heavy atom. The van der Waals surface area contributed by atoms with E-state index in [0.717, 1.165) is 12.2 Å². The average molecular weight is 225 g/mol. The number of thioether (sulfide) groups is 1. The van der Waals surface area contributed by atoms with Crippen molar-refractivity contribution in [2.24, 2.45) is 0 Å². The maximum absolute atomic E-state index is 12.6. The van der Waals surface area contributed by atoms with Gasteiger partial charge in [0.15, 0.2) is 0 Å². The second kappa shape index (κ2) is 3.30. The summed E-state index contributed by atoms with van der Waals surface area (Å²) in [6.45, 7) is 2.00. The Morgan fingerprint density at radius 3 is 2.36 bits per heavy atom. The quantitative estimate of drug-likeness (QED) is 0.775.